The maximum Gasteiger partial charge on any atom is 0.319 e. The van der Waals surface area contributed by atoms with Gasteiger partial charge in [-0.1, -0.05) is 0 Å². The molecule has 0 unspecified atom stereocenters. The zero-order valence-electron chi connectivity index (χ0n) is 7.58. The molecule has 0 amide bonds. The van der Waals surface area contributed by atoms with Crippen LogP contribution in [0.15, 0.2) is 10.7 Å². The van der Waals surface area contributed by atoms with Crippen LogP contribution in [0.3, 0.4) is 0 Å². The molecule has 1 aromatic rings. The van der Waals surface area contributed by atoms with Crippen LogP contribution in [0.5, 0.6) is 11.9 Å². The summed E-state index contributed by atoms with van der Waals surface area (Å²) in [6, 6.07) is 0.342. The Labute approximate surface area is 85.4 Å². The fraction of sp³-hybridized carbons (Fsp3) is 0.500. The first-order valence-corrected chi connectivity index (χ1v) is 4.85. The third-order valence-electron chi connectivity index (χ3n) is 1.24. The second-order valence-corrected chi connectivity index (χ2v) is 3.03. The lowest BCUT2D eigenvalue weighted by molar-refractivity contribution is 0.287. The van der Waals surface area contributed by atoms with Crippen molar-refractivity contribution in [3.05, 3.63) is 10.7 Å². The second kappa shape index (κ2) is 5.01. The largest absolute Gasteiger partial charge is 0.477 e. The SMILES string of the molecule is CCOc1ncc(Br)c(OCC)n1. The van der Waals surface area contributed by atoms with Crippen molar-refractivity contribution in [2.75, 3.05) is 13.2 Å². The summed E-state index contributed by atoms with van der Waals surface area (Å²) in [4.78, 5) is 8.00. The molecule has 5 heteroatoms. The molecule has 72 valence electrons. The predicted molar refractivity (Wildman–Crippen MR) is 52.1 cm³/mol. The molecule has 0 radical (unpaired) electrons. The third-order valence-corrected chi connectivity index (χ3v) is 1.79. The molecule has 0 fully saturated rings. The van der Waals surface area contributed by atoms with Crippen molar-refractivity contribution >= 4 is 15.9 Å². The Hall–Kier alpha value is -0.840. The lowest BCUT2D eigenvalue weighted by Crippen LogP contribution is -2.01. The van der Waals surface area contributed by atoms with Gasteiger partial charge in [-0.25, -0.2) is 4.98 Å². The van der Waals surface area contributed by atoms with Crippen LogP contribution in [-0.2, 0) is 0 Å². The van der Waals surface area contributed by atoms with Gasteiger partial charge in [0.15, 0.2) is 0 Å². The summed E-state index contributed by atoms with van der Waals surface area (Å²) in [5, 5.41) is 0. The van der Waals surface area contributed by atoms with Gasteiger partial charge in [0.25, 0.3) is 0 Å². The molecule has 13 heavy (non-hydrogen) atoms. The third kappa shape index (κ3) is 2.84. The Bertz CT molecular complexity index is 281. The predicted octanol–water partition coefficient (Wildman–Crippen LogP) is 2.04. The van der Waals surface area contributed by atoms with Crippen molar-refractivity contribution < 1.29 is 9.47 Å². The first kappa shape index (κ1) is 10.2. The highest BCUT2D eigenvalue weighted by molar-refractivity contribution is 9.10. The smallest absolute Gasteiger partial charge is 0.319 e. The fourth-order valence-electron chi connectivity index (χ4n) is 0.773. The molecule has 0 saturated carbocycles. The van der Waals surface area contributed by atoms with E-state index in [4.69, 9.17) is 9.47 Å². The number of nitrogens with zero attached hydrogens (tertiary/aromatic N) is 2. The quantitative estimate of drug-likeness (QED) is 0.816. The van der Waals surface area contributed by atoms with Crippen molar-refractivity contribution in [2.45, 2.75) is 13.8 Å². The van der Waals surface area contributed by atoms with Crippen LogP contribution in [0.4, 0.5) is 0 Å². The Balaban J connectivity index is 2.83. The molecule has 0 aliphatic rings. The molecule has 0 spiro atoms. The van der Waals surface area contributed by atoms with E-state index in [9.17, 15) is 0 Å². The van der Waals surface area contributed by atoms with Crippen molar-refractivity contribution in [1.82, 2.24) is 9.97 Å². The Morgan fingerprint density at radius 1 is 1.31 bits per heavy atom. The normalized spacial score (nSPS) is 9.77. The van der Waals surface area contributed by atoms with Gasteiger partial charge in [0.05, 0.1) is 23.9 Å². The van der Waals surface area contributed by atoms with Crippen LogP contribution in [0.25, 0.3) is 0 Å². The molecular weight excluding hydrogens is 236 g/mol. The second-order valence-electron chi connectivity index (χ2n) is 2.17. The zero-order valence-corrected chi connectivity index (χ0v) is 9.17. The van der Waals surface area contributed by atoms with Gasteiger partial charge in [-0.3, -0.25) is 0 Å². The highest BCUT2D eigenvalue weighted by Gasteiger charge is 2.05. The van der Waals surface area contributed by atoms with Crippen LogP contribution in [0.1, 0.15) is 13.8 Å². The van der Waals surface area contributed by atoms with Gasteiger partial charge >= 0.3 is 6.01 Å². The molecule has 0 aliphatic heterocycles. The first-order chi connectivity index (χ1) is 6.27. The van der Waals surface area contributed by atoms with E-state index in [1.807, 2.05) is 13.8 Å². The van der Waals surface area contributed by atoms with Crippen LogP contribution in [-0.4, -0.2) is 23.2 Å². The van der Waals surface area contributed by atoms with E-state index in [2.05, 4.69) is 25.9 Å². The maximum atomic E-state index is 5.25. The van der Waals surface area contributed by atoms with Gasteiger partial charge < -0.3 is 9.47 Å². The summed E-state index contributed by atoms with van der Waals surface area (Å²) in [5.74, 6) is 0.515. The minimum Gasteiger partial charge on any atom is -0.477 e. The maximum absolute atomic E-state index is 5.25. The van der Waals surface area contributed by atoms with E-state index in [1.54, 1.807) is 6.20 Å². The monoisotopic (exact) mass is 246 g/mol. The Morgan fingerprint density at radius 3 is 2.62 bits per heavy atom. The van der Waals surface area contributed by atoms with Crippen LogP contribution < -0.4 is 9.47 Å². The molecule has 4 nitrogen and oxygen atoms in total. The van der Waals surface area contributed by atoms with Crippen LogP contribution in [0.2, 0.25) is 0 Å². The van der Waals surface area contributed by atoms with E-state index in [1.165, 1.54) is 0 Å². The number of ether oxygens (including phenoxy) is 2. The van der Waals surface area contributed by atoms with Gasteiger partial charge in [-0.15, -0.1) is 0 Å². The van der Waals surface area contributed by atoms with Gasteiger partial charge in [-0.05, 0) is 29.8 Å². The molecule has 1 aromatic heterocycles. The van der Waals surface area contributed by atoms with Gasteiger partial charge in [0, 0.05) is 0 Å². The van der Waals surface area contributed by atoms with Crippen molar-refractivity contribution in [1.29, 1.82) is 0 Å². The number of aromatic nitrogens is 2. The van der Waals surface area contributed by atoms with E-state index in [0.29, 0.717) is 25.1 Å². The van der Waals surface area contributed by atoms with Crippen molar-refractivity contribution in [2.24, 2.45) is 0 Å². The summed E-state index contributed by atoms with van der Waals surface area (Å²) in [6.07, 6.45) is 1.61. The first-order valence-electron chi connectivity index (χ1n) is 4.06. The van der Waals surface area contributed by atoms with E-state index in [0.717, 1.165) is 4.47 Å². The molecular formula is C8H11BrN2O2. The van der Waals surface area contributed by atoms with Gasteiger partial charge in [0.2, 0.25) is 5.88 Å². The van der Waals surface area contributed by atoms with Crippen LogP contribution in [0, 0.1) is 0 Å². The summed E-state index contributed by atoms with van der Waals surface area (Å²) in [6.45, 7) is 4.90. The number of halogens is 1. The average Bonchev–Trinajstić information content (AvgIpc) is 2.12. The van der Waals surface area contributed by atoms with Gasteiger partial charge in [0.1, 0.15) is 0 Å². The minimum absolute atomic E-state index is 0.342. The summed E-state index contributed by atoms with van der Waals surface area (Å²) in [5.41, 5.74) is 0. The minimum atomic E-state index is 0.342. The van der Waals surface area contributed by atoms with Gasteiger partial charge in [-0.2, -0.15) is 4.98 Å². The Kier molecular flexibility index (Phi) is 3.95. The number of rotatable bonds is 4. The van der Waals surface area contributed by atoms with Crippen LogP contribution >= 0.6 is 15.9 Å². The zero-order chi connectivity index (χ0) is 9.68. The summed E-state index contributed by atoms with van der Waals surface area (Å²) in [7, 11) is 0. The molecule has 0 aliphatic carbocycles. The topological polar surface area (TPSA) is 44.2 Å². The lowest BCUT2D eigenvalue weighted by atomic mass is 10.6. The average molecular weight is 247 g/mol. The molecule has 1 heterocycles. The molecule has 1 rings (SSSR count). The molecule has 0 N–H and O–H groups in total. The standard InChI is InChI=1S/C8H11BrN2O2/c1-3-12-7-6(9)5-10-8(11-7)13-4-2/h5H,3-4H2,1-2H3. The number of hydrogen-bond donors (Lipinski definition) is 0. The molecule has 0 atom stereocenters. The van der Waals surface area contributed by atoms with Crippen molar-refractivity contribution in [3.63, 3.8) is 0 Å². The van der Waals surface area contributed by atoms with E-state index >= 15 is 0 Å². The van der Waals surface area contributed by atoms with E-state index in [-0.39, 0.29) is 0 Å². The molecule has 0 aromatic carbocycles. The molecule has 0 bridgehead atoms. The Morgan fingerprint density at radius 2 is 2.00 bits per heavy atom. The summed E-state index contributed by atoms with van der Waals surface area (Å²) >= 11 is 3.28. The molecule has 0 saturated heterocycles. The fourth-order valence-corrected chi connectivity index (χ4v) is 1.08. The highest BCUT2D eigenvalue weighted by atomic mass is 79.9. The number of hydrogen-bond acceptors (Lipinski definition) is 4. The summed E-state index contributed by atoms with van der Waals surface area (Å²) < 4.78 is 11.1. The highest BCUT2D eigenvalue weighted by Crippen LogP contribution is 2.22. The van der Waals surface area contributed by atoms with Crippen molar-refractivity contribution in [3.8, 4) is 11.9 Å². The van der Waals surface area contributed by atoms with E-state index < -0.39 is 0 Å². The lowest BCUT2D eigenvalue weighted by Gasteiger charge is -2.05.